The number of hydrogen-bond acceptors (Lipinski definition) is 9. The minimum atomic E-state index is -1.00. The number of fused-ring (bicyclic) bond motifs is 2. The molecule has 4 aliphatic heterocycles. The molecule has 4 saturated heterocycles. The largest absolute Gasteiger partial charge is 1.00 e. The Morgan fingerprint density at radius 1 is 0.900 bits per heavy atom. The summed E-state index contributed by atoms with van der Waals surface area (Å²) < 4.78 is 60.9. The second kappa shape index (κ2) is 19.0. The number of nitrogens with zero attached hydrogens (tertiary/aromatic N) is 6. The molecule has 222 valence electrons. The molecule has 16 heteroatoms. The van der Waals surface area contributed by atoms with Gasteiger partial charge in [0, 0.05) is 10.8 Å². The van der Waals surface area contributed by atoms with Gasteiger partial charge >= 0.3 is 29.6 Å². The van der Waals surface area contributed by atoms with E-state index < -0.39 is 37.2 Å². The third-order valence-corrected chi connectivity index (χ3v) is 5.72. The summed E-state index contributed by atoms with van der Waals surface area (Å²) in [7, 11) is -1.00. The van der Waals surface area contributed by atoms with Crippen LogP contribution in [0.1, 0.15) is 36.0 Å². The molecular weight excluding hydrogens is 542 g/mol. The Morgan fingerprint density at radius 3 is 1.75 bits per heavy atom. The monoisotopic (exact) mass is 583 g/mol. The molecule has 0 saturated carbocycles. The van der Waals surface area contributed by atoms with Gasteiger partial charge in [-0.05, 0) is 33.2 Å². The van der Waals surface area contributed by atoms with Gasteiger partial charge in [-0.2, -0.15) is 0 Å². The fourth-order valence-electron chi connectivity index (χ4n) is 4.39. The summed E-state index contributed by atoms with van der Waals surface area (Å²) >= 11 is 0. The van der Waals surface area contributed by atoms with Gasteiger partial charge in [0.2, 0.25) is 0 Å². The minimum Gasteiger partial charge on any atom is -0.373 e. The van der Waals surface area contributed by atoms with Crippen LogP contribution in [-0.4, -0.2) is 88.2 Å². The summed E-state index contributed by atoms with van der Waals surface area (Å²) in [5.74, 6) is -0.954. The zero-order chi connectivity index (χ0) is 30.3. The fraction of sp³-hybridized carbons (Fsp3) is 0.833. The topological polar surface area (TPSA) is 181 Å². The van der Waals surface area contributed by atoms with Crippen LogP contribution in [-0.2, 0) is 37.9 Å². The number of hydrogen-bond donors (Lipinski definition) is 0. The Morgan fingerprint density at radius 2 is 1.30 bits per heavy atom. The van der Waals surface area contributed by atoms with Crippen LogP contribution >= 0.6 is 0 Å². The summed E-state index contributed by atoms with van der Waals surface area (Å²) in [6, 6.07) is -0.398. The molecule has 0 spiro atoms. The van der Waals surface area contributed by atoms with Gasteiger partial charge in [-0.25, -0.2) is 0 Å². The number of ether oxygens (including phenoxy) is 8. The molecule has 0 N–H and O–H groups in total. The van der Waals surface area contributed by atoms with Gasteiger partial charge in [0.15, 0.2) is 24.2 Å². The smallest absolute Gasteiger partial charge is 0.373 e. The predicted octanol–water partition coefficient (Wildman–Crippen LogP) is 1.90. The first-order valence-electron chi connectivity index (χ1n) is 12.9. The number of halogens is 1. The van der Waals surface area contributed by atoms with Crippen molar-refractivity contribution in [1.82, 2.24) is 0 Å². The van der Waals surface area contributed by atoms with Crippen molar-refractivity contribution in [2.45, 2.75) is 89.2 Å². The van der Waals surface area contributed by atoms with Crippen LogP contribution in [0.3, 0.4) is 0 Å². The minimum absolute atomic E-state index is 0. The average Bonchev–Trinajstić information content (AvgIpc) is 3.40. The van der Waals surface area contributed by atoms with Crippen molar-refractivity contribution in [3.63, 3.8) is 0 Å². The Balaban J connectivity index is 0.000000645. The van der Waals surface area contributed by atoms with E-state index in [1.807, 2.05) is 27.7 Å². The average molecular weight is 584 g/mol. The molecule has 0 amide bonds. The quantitative estimate of drug-likeness (QED) is 0.143. The van der Waals surface area contributed by atoms with Crippen LogP contribution in [0.25, 0.3) is 26.4 Å². The van der Waals surface area contributed by atoms with Crippen LogP contribution < -0.4 is 29.6 Å². The van der Waals surface area contributed by atoms with Crippen molar-refractivity contribution < 1.29 is 73.2 Å². The Bertz CT molecular complexity index is 881. The Labute approximate surface area is 258 Å². The van der Waals surface area contributed by atoms with Gasteiger partial charge in [-0.1, -0.05) is 24.2 Å². The second-order valence-corrected chi connectivity index (χ2v) is 9.62. The number of azide groups is 1. The molecule has 0 unspecified atom stereocenters. The molecule has 4 heterocycles. The van der Waals surface area contributed by atoms with Crippen molar-refractivity contribution in [1.29, 1.82) is 0 Å². The maximum absolute atomic E-state index is 9.96. The molecule has 4 fully saturated rings. The van der Waals surface area contributed by atoms with E-state index in [2.05, 4.69) is 30.1 Å². The van der Waals surface area contributed by atoms with Gasteiger partial charge in [0.1, 0.15) is 18.3 Å². The van der Waals surface area contributed by atoms with Crippen molar-refractivity contribution in [2.24, 2.45) is 11.0 Å². The molecule has 0 aromatic carbocycles. The molecule has 14 nitrogen and oxygen atoms in total. The van der Waals surface area contributed by atoms with E-state index in [1.54, 1.807) is 12.2 Å². The van der Waals surface area contributed by atoms with Crippen molar-refractivity contribution in [3.8, 4) is 0 Å². The SMILES string of the molecule is C=CCO[C@H]1OC[C@@H](C)[C@@H]2OC(C)(C)O[C@H]12.C=CCO[C@H]1OC[C@H](N=[N+]=[N-])[C@@H]2OC(C)(C)O[C@H]12.[2H]CF.[N-]=[N+]=[N-].[Na+]. The molecular formula is C24H40FN6NaO8. The molecule has 0 aromatic rings. The van der Waals surface area contributed by atoms with Crippen LogP contribution in [0.15, 0.2) is 30.4 Å². The van der Waals surface area contributed by atoms with E-state index in [4.69, 9.17) is 55.9 Å². The summed E-state index contributed by atoms with van der Waals surface area (Å²) in [5, 5.41) is 3.68. The molecule has 4 rings (SSSR count). The van der Waals surface area contributed by atoms with E-state index in [0.717, 1.165) is 0 Å². The molecule has 8 atom stereocenters. The van der Waals surface area contributed by atoms with Crippen molar-refractivity contribution >= 4 is 0 Å². The van der Waals surface area contributed by atoms with Gasteiger partial charge in [-0.15, -0.1) is 13.2 Å². The molecule has 0 bridgehead atoms. The molecule has 4 aliphatic rings. The first kappa shape index (κ1) is 36.7. The maximum Gasteiger partial charge on any atom is 1.00 e. The number of rotatable bonds is 7. The zero-order valence-corrected chi connectivity index (χ0v) is 26.1. The standard InChI is InChI=1S/C12H20O4.C11H17N3O4.CH3F.N3.Na/c1-5-6-13-11-10-9(8(2)7-14-11)15-12(3,4)16-10;1-4-5-15-10-9-8(17-11(2,3)18-9)7(6-16-10)13-14-12;1-2;1-3-2;/h5,8-11H,1,6-7H2,2-4H3;4,7-10H,1,5-6H2,2-3H3;1H3;;/q;;;-1;+1/t8-,9+,10+,11+;7-,8-,9-,10-;;;/m10.../s1/i;;1D;;. The van der Waals surface area contributed by atoms with Gasteiger partial charge in [0.05, 0.1) is 47.1 Å². The van der Waals surface area contributed by atoms with E-state index in [0.29, 0.717) is 25.7 Å². The van der Waals surface area contributed by atoms with Crippen LogP contribution in [0, 0.1) is 5.92 Å². The molecule has 0 aliphatic carbocycles. The van der Waals surface area contributed by atoms with Crippen LogP contribution in [0.2, 0.25) is 0 Å². The molecule has 40 heavy (non-hydrogen) atoms. The summed E-state index contributed by atoms with van der Waals surface area (Å²) in [5.41, 5.74) is 22.0. The van der Waals surface area contributed by atoms with Crippen LogP contribution in [0.5, 0.6) is 0 Å². The van der Waals surface area contributed by atoms with E-state index in [-0.39, 0.29) is 60.8 Å². The van der Waals surface area contributed by atoms with Gasteiger partial charge in [0.25, 0.3) is 0 Å². The summed E-state index contributed by atoms with van der Waals surface area (Å²) in [4.78, 5) is 4.31. The van der Waals surface area contributed by atoms with Crippen molar-refractivity contribution in [2.75, 3.05) is 33.6 Å². The second-order valence-electron chi connectivity index (χ2n) is 9.62. The third kappa shape index (κ3) is 11.5. The Kier molecular flexibility index (Phi) is 17.5. The Hall–Kier alpha value is -1.29. The molecule has 0 aromatic heterocycles. The van der Waals surface area contributed by atoms with Gasteiger partial charge in [-0.3, -0.25) is 9.30 Å². The van der Waals surface area contributed by atoms with Crippen LogP contribution in [0.4, 0.5) is 4.39 Å². The zero-order valence-electron chi connectivity index (χ0n) is 25.1. The normalized spacial score (nSPS) is 34.3. The third-order valence-electron chi connectivity index (χ3n) is 5.72. The molecule has 0 radical (unpaired) electrons. The van der Waals surface area contributed by atoms with Crippen molar-refractivity contribution in [3.05, 3.63) is 51.7 Å². The number of alkyl halides is 1. The maximum atomic E-state index is 9.96. The van der Waals surface area contributed by atoms with E-state index in [1.165, 1.54) is 4.91 Å². The first-order valence-corrected chi connectivity index (χ1v) is 12.2. The van der Waals surface area contributed by atoms with Gasteiger partial charge < -0.3 is 49.0 Å². The summed E-state index contributed by atoms with van der Waals surface area (Å²) in [6.45, 7) is 18.5. The van der Waals surface area contributed by atoms with E-state index in [9.17, 15) is 4.39 Å². The first-order chi connectivity index (χ1) is 18.9. The fourth-order valence-corrected chi connectivity index (χ4v) is 4.39. The summed E-state index contributed by atoms with van der Waals surface area (Å²) in [6.07, 6.45) is 1.64. The van der Waals surface area contributed by atoms with E-state index >= 15 is 0 Å². The predicted molar refractivity (Wildman–Crippen MR) is 139 cm³/mol.